The number of nitrogens with two attached hydrogens (primary N) is 1. The van der Waals surface area contributed by atoms with E-state index in [-0.39, 0.29) is 18.4 Å². The zero-order chi connectivity index (χ0) is 33.0. The highest BCUT2D eigenvalue weighted by molar-refractivity contribution is 6.76. The summed E-state index contributed by atoms with van der Waals surface area (Å²) >= 11 is 6.10. The fourth-order valence-electron chi connectivity index (χ4n) is 5.32. The molecule has 0 atom stereocenters. The number of nitrogens with one attached hydrogen (secondary N) is 1. The van der Waals surface area contributed by atoms with Crippen LogP contribution in [0.1, 0.15) is 44.6 Å². The molecule has 1 aliphatic carbocycles. The van der Waals surface area contributed by atoms with Gasteiger partial charge in [-0.05, 0) is 62.7 Å². The van der Waals surface area contributed by atoms with Crippen LogP contribution in [-0.2, 0) is 19.0 Å². The molecule has 0 radical (unpaired) electrons. The maximum atomic E-state index is 12.1. The summed E-state index contributed by atoms with van der Waals surface area (Å²) in [7, 11) is -2.47. The number of carbonyl (C=O) groups is 1. The van der Waals surface area contributed by atoms with Crippen molar-refractivity contribution < 1.29 is 19.0 Å². The monoisotopic (exact) mass is 677 g/mol. The van der Waals surface area contributed by atoms with Crippen LogP contribution < -0.4 is 11.1 Å². The van der Waals surface area contributed by atoms with E-state index in [4.69, 9.17) is 36.5 Å². The first-order valence-electron chi connectivity index (χ1n) is 16.5. The van der Waals surface area contributed by atoms with Gasteiger partial charge in [0.05, 0.1) is 6.61 Å². The molecule has 12 heteroatoms. The van der Waals surface area contributed by atoms with Crippen LogP contribution in [0.15, 0.2) is 41.0 Å². The summed E-state index contributed by atoms with van der Waals surface area (Å²) in [5.41, 5.74) is 9.08. The lowest BCUT2D eigenvalue weighted by atomic mass is 9.78. The summed E-state index contributed by atoms with van der Waals surface area (Å²) in [6.45, 7) is 19.0. The number of carbonyl (C=O) groups excluding carboxylic acids is 1. The molecule has 3 rings (SSSR count). The molecule has 0 saturated heterocycles. The molecule has 9 nitrogen and oxygen atoms in total. The van der Waals surface area contributed by atoms with E-state index in [1.54, 1.807) is 12.3 Å². The highest BCUT2D eigenvalue weighted by Gasteiger charge is 2.29. The van der Waals surface area contributed by atoms with Crippen molar-refractivity contribution in [2.75, 3.05) is 39.8 Å². The van der Waals surface area contributed by atoms with E-state index in [2.05, 4.69) is 60.6 Å². The predicted octanol–water partition coefficient (Wildman–Crippen LogP) is 6.93. The third-order valence-electron chi connectivity index (χ3n) is 8.19. The Kier molecular flexibility index (Phi) is 14.8. The molecule has 252 valence electrons. The van der Waals surface area contributed by atoms with E-state index >= 15 is 0 Å². The number of hydrogen-bond acceptors (Lipinski definition) is 9. The highest BCUT2D eigenvalue weighted by atomic mass is 35.5. The third-order valence-corrected chi connectivity index (χ3v) is 11.8. The number of aromatic nitrogens is 1. The molecular weight excluding hydrogens is 622 g/mol. The Bertz CT molecular complexity index is 1160. The summed E-state index contributed by atoms with van der Waals surface area (Å²) in [6.07, 6.45) is 8.22. The first-order chi connectivity index (χ1) is 21.3. The molecule has 2 aliphatic rings. The molecule has 0 spiro atoms. The van der Waals surface area contributed by atoms with Crippen LogP contribution >= 0.6 is 11.6 Å². The van der Waals surface area contributed by atoms with Crippen LogP contribution in [0.25, 0.3) is 5.57 Å². The lowest BCUT2D eigenvalue weighted by Crippen LogP contribution is -2.39. The maximum Gasteiger partial charge on any atom is 0.306 e. The Morgan fingerprint density at radius 2 is 1.64 bits per heavy atom. The Morgan fingerprint density at radius 1 is 1.02 bits per heavy atom. The van der Waals surface area contributed by atoms with E-state index in [1.807, 2.05) is 13.0 Å². The summed E-state index contributed by atoms with van der Waals surface area (Å²) in [4.78, 5) is 23.7. The number of esters is 1. The standard InChI is InChI=1S/C33H56ClN5O4Si2/c1-8-43-32(40)19-25-9-11-26(12-10-25)29-20-31(38-33(37-29)28(21-35)27-13-14-30(34)36-22-27)39(23-41-15-17-44(2,3)4)24-42-16-18-45(5,6)7/h13-14,20,22,25-26,38H,8-12,15-19,21,23-24,35H2,1-7H3/b33-28+. The van der Waals surface area contributed by atoms with Crippen molar-refractivity contribution in [2.45, 2.75) is 90.4 Å². The van der Waals surface area contributed by atoms with Gasteiger partial charge < -0.3 is 30.2 Å². The first kappa shape index (κ1) is 37.4. The number of rotatable bonds is 17. The summed E-state index contributed by atoms with van der Waals surface area (Å²) < 4.78 is 17.7. The SMILES string of the molecule is CCOC(=O)CC1CCC(C2=N/C(=C(/CN)c3ccc(Cl)nc3)NC(N(COCC[Si](C)(C)C)COCC[Si](C)(C)C)=C2)CC1. The molecule has 2 heterocycles. The lowest BCUT2D eigenvalue weighted by Gasteiger charge is -2.34. The molecule has 0 unspecified atom stereocenters. The van der Waals surface area contributed by atoms with Crippen molar-refractivity contribution in [3.8, 4) is 0 Å². The molecule has 1 aromatic rings. The molecular formula is C33H56ClN5O4Si2. The fourth-order valence-corrected chi connectivity index (χ4v) is 6.94. The molecule has 1 saturated carbocycles. The number of aliphatic imine (C=N–C) groups is 1. The Balaban J connectivity index is 1.90. The van der Waals surface area contributed by atoms with Crippen molar-refractivity contribution in [1.29, 1.82) is 0 Å². The number of hydrogen-bond donors (Lipinski definition) is 2. The summed E-state index contributed by atoms with van der Waals surface area (Å²) in [5, 5.41) is 4.01. The van der Waals surface area contributed by atoms with E-state index < -0.39 is 16.1 Å². The molecule has 3 N–H and O–H groups in total. The minimum atomic E-state index is -1.23. The van der Waals surface area contributed by atoms with Crippen LogP contribution in [0, 0.1) is 11.8 Å². The van der Waals surface area contributed by atoms with Gasteiger partial charge in [-0.1, -0.05) is 50.9 Å². The topological polar surface area (TPSA) is 111 Å². The molecule has 0 bridgehead atoms. The molecule has 1 fully saturated rings. The molecule has 0 amide bonds. The van der Waals surface area contributed by atoms with Crippen LogP contribution in [0.2, 0.25) is 56.5 Å². The van der Waals surface area contributed by atoms with Crippen LogP contribution in [-0.4, -0.2) is 77.5 Å². The number of allylic oxidation sites excluding steroid dienone is 1. The van der Waals surface area contributed by atoms with Gasteiger partial charge in [0.15, 0.2) is 0 Å². The first-order valence-corrected chi connectivity index (χ1v) is 24.3. The van der Waals surface area contributed by atoms with E-state index in [1.165, 1.54) is 0 Å². The highest BCUT2D eigenvalue weighted by Crippen LogP contribution is 2.34. The summed E-state index contributed by atoms with van der Waals surface area (Å²) in [6, 6.07) is 5.89. The minimum Gasteiger partial charge on any atom is -0.466 e. The van der Waals surface area contributed by atoms with Crippen LogP contribution in [0.3, 0.4) is 0 Å². The van der Waals surface area contributed by atoms with E-state index in [0.29, 0.717) is 56.6 Å². The van der Waals surface area contributed by atoms with Gasteiger partial charge in [0.2, 0.25) is 0 Å². The van der Waals surface area contributed by atoms with Crippen molar-refractivity contribution in [1.82, 2.24) is 15.2 Å². The van der Waals surface area contributed by atoms with E-state index in [0.717, 1.165) is 60.4 Å². The van der Waals surface area contributed by atoms with Crippen molar-refractivity contribution in [3.05, 3.63) is 46.8 Å². The van der Waals surface area contributed by atoms with Gasteiger partial charge in [-0.25, -0.2) is 9.98 Å². The molecule has 1 aromatic heterocycles. The largest absolute Gasteiger partial charge is 0.466 e. The van der Waals surface area contributed by atoms with Crippen LogP contribution in [0.5, 0.6) is 0 Å². The Morgan fingerprint density at radius 3 is 2.16 bits per heavy atom. The Labute approximate surface area is 278 Å². The zero-order valence-corrected chi connectivity index (χ0v) is 31.3. The number of nitrogens with zero attached hydrogens (tertiary/aromatic N) is 3. The van der Waals surface area contributed by atoms with Crippen molar-refractivity contribution in [3.63, 3.8) is 0 Å². The lowest BCUT2D eigenvalue weighted by molar-refractivity contribution is -0.144. The maximum absolute atomic E-state index is 12.1. The smallest absolute Gasteiger partial charge is 0.306 e. The van der Waals surface area contributed by atoms with Gasteiger partial charge in [-0.15, -0.1) is 0 Å². The fraction of sp³-hybridized carbons (Fsp3) is 0.667. The molecule has 0 aromatic carbocycles. The van der Waals surface area contributed by atoms with Gasteiger partial charge in [-0.2, -0.15) is 0 Å². The van der Waals surface area contributed by atoms with Crippen molar-refractivity contribution in [2.24, 2.45) is 22.6 Å². The quantitative estimate of drug-likeness (QED) is 0.0600. The normalized spacial score (nSPS) is 20.2. The second-order valence-electron chi connectivity index (χ2n) is 14.6. The Hall–Kier alpha value is -2.03. The van der Waals surface area contributed by atoms with Crippen LogP contribution in [0.4, 0.5) is 0 Å². The van der Waals surface area contributed by atoms with E-state index in [9.17, 15) is 4.79 Å². The second kappa shape index (κ2) is 17.8. The number of halogens is 1. The second-order valence-corrected chi connectivity index (χ2v) is 26.2. The number of ether oxygens (including phenoxy) is 3. The number of pyridine rings is 1. The van der Waals surface area contributed by atoms with Gasteiger partial charge in [0, 0.05) is 77.4 Å². The predicted molar refractivity (Wildman–Crippen MR) is 190 cm³/mol. The van der Waals surface area contributed by atoms with Gasteiger partial charge in [0.25, 0.3) is 0 Å². The molecule has 1 aliphatic heterocycles. The minimum absolute atomic E-state index is 0.101. The van der Waals surface area contributed by atoms with Gasteiger partial charge in [0.1, 0.15) is 30.3 Å². The molecule has 45 heavy (non-hydrogen) atoms. The average molecular weight is 678 g/mol. The summed E-state index contributed by atoms with van der Waals surface area (Å²) in [5.74, 6) is 2.10. The average Bonchev–Trinajstić information content (AvgIpc) is 2.97. The van der Waals surface area contributed by atoms with Crippen molar-refractivity contribution >= 4 is 45.0 Å². The van der Waals surface area contributed by atoms with Gasteiger partial charge in [-0.3, -0.25) is 4.79 Å². The van der Waals surface area contributed by atoms with Gasteiger partial charge >= 0.3 is 5.97 Å². The zero-order valence-electron chi connectivity index (χ0n) is 28.6. The third kappa shape index (κ3) is 13.3.